The van der Waals surface area contributed by atoms with Crippen molar-refractivity contribution in [3.63, 3.8) is 0 Å². The molecular weight excluding hydrogens is 490 g/mol. The number of hydrogen-bond acceptors (Lipinski definition) is 6. The van der Waals surface area contributed by atoms with Crippen molar-refractivity contribution in [2.45, 2.75) is 62.4 Å². The first-order valence-corrected chi connectivity index (χ1v) is 14.0. The number of carbonyl (C=O) groups is 1. The van der Waals surface area contributed by atoms with Gasteiger partial charge >= 0.3 is 6.03 Å². The number of nitrogens with two attached hydrogens (primary N) is 1. The van der Waals surface area contributed by atoms with Gasteiger partial charge in [-0.1, -0.05) is 36.4 Å². The molecule has 9 heteroatoms. The van der Waals surface area contributed by atoms with Gasteiger partial charge in [-0.3, -0.25) is 4.98 Å². The number of aliphatic hydroxyl groups excluding tert-OH is 1. The highest BCUT2D eigenvalue weighted by Gasteiger charge is 2.45. The Morgan fingerprint density at radius 3 is 2.41 bits per heavy atom. The smallest absolute Gasteiger partial charge is 0.317 e. The number of aromatic nitrogens is 4. The lowest BCUT2D eigenvalue weighted by Gasteiger charge is -2.39. The summed E-state index contributed by atoms with van der Waals surface area (Å²) in [5, 5.41) is 16.6. The Labute approximate surface area is 227 Å². The Morgan fingerprint density at radius 1 is 0.974 bits per heavy atom. The zero-order valence-electron chi connectivity index (χ0n) is 21.8. The highest BCUT2D eigenvalue weighted by molar-refractivity contribution is 5.79. The van der Waals surface area contributed by atoms with Gasteiger partial charge in [0, 0.05) is 53.0 Å². The molecule has 3 aromatic heterocycles. The van der Waals surface area contributed by atoms with E-state index >= 15 is 0 Å². The minimum atomic E-state index is -0.0649. The van der Waals surface area contributed by atoms with Crippen LogP contribution < -0.4 is 11.1 Å². The van der Waals surface area contributed by atoms with E-state index in [1.807, 2.05) is 41.6 Å². The topological polar surface area (TPSA) is 122 Å². The fourth-order valence-corrected chi connectivity index (χ4v) is 6.67. The van der Waals surface area contributed by atoms with E-state index < -0.39 is 0 Å². The third kappa shape index (κ3) is 4.21. The standard InChI is InChI=1S/C30H33N7O2/c31-28-26(19-6-7-19)27(21-14-22-9-10-23(15-21)36(22)30(39)32-12-13-38)35-29-24(17-34-37(28)29)20-8-11-25(33-16-20)18-4-2-1-3-5-18/h1-5,8,11,16-17,19,21-23,38H,6-7,9-10,12-15,31H2,(H,32,39)/t21?,22-,23+. The first kappa shape index (κ1) is 24.1. The molecule has 3 aliphatic rings. The van der Waals surface area contributed by atoms with Gasteiger partial charge in [-0.15, -0.1) is 0 Å². The molecule has 2 bridgehead atoms. The predicted octanol–water partition coefficient (Wildman–Crippen LogP) is 4.33. The summed E-state index contributed by atoms with van der Waals surface area (Å²) in [7, 11) is 0. The number of nitrogens with one attached hydrogen (secondary N) is 1. The Bertz CT molecular complexity index is 1500. The van der Waals surface area contributed by atoms with E-state index in [-0.39, 0.29) is 37.2 Å². The summed E-state index contributed by atoms with van der Waals surface area (Å²) in [6.07, 6.45) is 9.73. The van der Waals surface area contributed by atoms with E-state index in [4.69, 9.17) is 20.8 Å². The van der Waals surface area contributed by atoms with Crippen LogP contribution in [0.25, 0.3) is 28.0 Å². The maximum Gasteiger partial charge on any atom is 0.317 e. The molecule has 5 heterocycles. The number of anilines is 1. The van der Waals surface area contributed by atoms with Crippen LogP contribution in [0.15, 0.2) is 54.9 Å². The number of amides is 2. The van der Waals surface area contributed by atoms with Crippen LogP contribution in [0.5, 0.6) is 0 Å². The number of urea groups is 1. The second-order valence-corrected chi connectivity index (χ2v) is 11.1. The van der Waals surface area contributed by atoms with Gasteiger partial charge in [0.05, 0.1) is 24.2 Å². The summed E-state index contributed by atoms with van der Waals surface area (Å²) in [6.45, 7) is 0.230. The van der Waals surface area contributed by atoms with Gasteiger partial charge in [0.15, 0.2) is 5.65 Å². The van der Waals surface area contributed by atoms with Crippen LogP contribution in [0.2, 0.25) is 0 Å². The molecule has 3 fully saturated rings. The Hall–Kier alpha value is -3.98. The Kier molecular flexibility index (Phi) is 5.96. The summed E-state index contributed by atoms with van der Waals surface area (Å²) in [4.78, 5) is 24.8. The number of benzene rings is 1. The van der Waals surface area contributed by atoms with Crippen molar-refractivity contribution in [1.82, 2.24) is 29.8 Å². The first-order chi connectivity index (χ1) is 19.1. The number of hydrogen-bond donors (Lipinski definition) is 3. The zero-order chi connectivity index (χ0) is 26.5. The number of fused-ring (bicyclic) bond motifs is 3. The molecule has 1 unspecified atom stereocenters. The molecule has 2 aliphatic heterocycles. The minimum Gasteiger partial charge on any atom is -0.395 e. The number of nitrogen functional groups attached to an aromatic ring is 1. The largest absolute Gasteiger partial charge is 0.395 e. The highest BCUT2D eigenvalue weighted by Crippen LogP contribution is 2.50. The quantitative estimate of drug-likeness (QED) is 0.346. The molecule has 2 amide bonds. The molecule has 200 valence electrons. The third-order valence-electron chi connectivity index (χ3n) is 8.62. The number of nitrogens with zero attached hydrogens (tertiary/aromatic N) is 5. The molecule has 4 aromatic rings. The fraction of sp³-hybridized carbons (Fsp3) is 0.400. The predicted molar refractivity (Wildman–Crippen MR) is 149 cm³/mol. The van der Waals surface area contributed by atoms with Crippen LogP contribution in [0.3, 0.4) is 0 Å². The lowest BCUT2D eigenvalue weighted by molar-refractivity contribution is 0.135. The van der Waals surface area contributed by atoms with Gasteiger partial charge in [0.1, 0.15) is 5.82 Å². The van der Waals surface area contributed by atoms with E-state index in [1.165, 1.54) is 0 Å². The van der Waals surface area contributed by atoms with Crippen LogP contribution in [0, 0.1) is 0 Å². The molecule has 9 nitrogen and oxygen atoms in total. The summed E-state index contributed by atoms with van der Waals surface area (Å²) in [5.41, 5.74) is 13.7. The second-order valence-electron chi connectivity index (χ2n) is 11.1. The summed E-state index contributed by atoms with van der Waals surface area (Å²) < 4.78 is 1.80. The molecule has 0 spiro atoms. The van der Waals surface area contributed by atoms with Crippen molar-refractivity contribution >= 4 is 17.5 Å². The van der Waals surface area contributed by atoms with Gasteiger partial charge in [0.25, 0.3) is 0 Å². The lowest BCUT2D eigenvalue weighted by atomic mass is 9.85. The maximum absolute atomic E-state index is 12.8. The van der Waals surface area contributed by atoms with Gasteiger partial charge in [-0.25, -0.2) is 9.78 Å². The molecule has 1 aromatic carbocycles. The Balaban J connectivity index is 1.24. The molecule has 1 saturated carbocycles. The molecule has 7 rings (SSSR count). The van der Waals surface area contributed by atoms with Crippen molar-refractivity contribution in [2.75, 3.05) is 18.9 Å². The molecule has 1 aliphatic carbocycles. The van der Waals surface area contributed by atoms with E-state index in [0.29, 0.717) is 11.7 Å². The highest BCUT2D eigenvalue weighted by atomic mass is 16.3. The van der Waals surface area contributed by atoms with Gasteiger partial charge in [-0.05, 0) is 50.5 Å². The molecule has 3 atom stereocenters. The summed E-state index contributed by atoms with van der Waals surface area (Å²) in [6, 6.07) is 14.5. The Morgan fingerprint density at radius 2 is 1.74 bits per heavy atom. The molecular formula is C30H33N7O2. The van der Waals surface area contributed by atoms with Gasteiger partial charge < -0.3 is 21.1 Å². The first-order valence-electron chi connectivity index (χ1n) is 14.0. The number of aliphatic hydroxyl groups is 1. The molecule has 39 heavy (non-hydrogen) atoms. The minimum absolute atomic E-state index is 0.0519. The van der Waals surface area contributed by atoms with Crippen molar-refractivity contribution in [2.24, 2.45) is 0 Å². The average Bonchev–Trinajstić information content (AvgIpc) is 3.66. The van der Waals surface area contributed by atoms with Gasteiger partial charge in [-0.2, -0.15) is 9.61 Å². The van der Waals surface area contributed by atoms with Gasteiger partial charge in [0.2, 0.25) is 0 Å². The summed E-state index contributed by atoms with van der Waals surface area (Å²) >= 11 is 0. The van der Waals surface area contributed by atoms with Crippen LogP contribution in [-0.2, 0) is 0 Å². The number of pyridine rings is 1. The number of carbonyl (C=O) groups excluding carboxylic acids is 1. The average molecular weight is 524 g/mol. The number of rotatable bonds is 6. The fourth-order valence-electron chi connectivity index (χ4n) is 6.67. The van der Waals surface area contributed by atoms with Crippen molar-refractivity contribution < 1.29 is 9.90 Å². The SMILES string of the molecule is Nc1c(C2CC2)c(C2C[C@H]3CC[C@@H](C2)N3C(=O)NCCO)nc2c(-c3ccc(-c4ccccc4)nc3)cnn12. The van der Waals surface area contributed by atoms with Crippen LogP contribution in [-0.4, -0.2) is 60.9 Å². The van der Waals surface area contributed by atoms with E-state index in [1.54, 1.807) is 4.52 Å². The van der Waals surface area contributed by atoms with E-state index in [9.17, 15) is 4.79 Å². The molecule has 4 N–H and O–H groups in total. The third-order valence-corrected chi connectivity index (χ3v) is 8.62. The van der Waals surface area contributed by atoms with E-state index in [0.717, 1.165) is 77.8 Å². The lowest BCUT2D eigenvalue weighted by Crippen LogP contribution is -2.51. The van der Waals surface area contributed by atoms with Crippen molar-refractivity contribution in [3.8, 4) is 22.4 Å². The molecule has 2 saturated heterocycles. The van der Waals surface area contributed by atoms with Crippen LogP contribution in [0.4, 0.5) is 10.6 Å². The van der Waals surface area contributed by atoms with Crippen molar-refractivity contribution in [3.05, 3.63) is 66.1 Å². The monoisotopic (exact) mass is 523 g/mol. The van der Waals surface area contributed by atoms with Crippen molar-refractivity contribution in [1.29, 1.82) is 0 Å². The van der Waals surface area contributed by atoms with E-state index in [2.05, 4.69) is 28.6 Å². The zero-order valence-corrected chi connectivity index (χ0v) is 21.8. The second kappa shape index (κ2) is 9.64. The van der Waals surface area contributed by atoms with Crippen LogP contribution >= 0.6 is 0 Å². The number of piperidine rings is 1. The summed E-state index contributed by atoms with van der Waals surface area (Å²) in [5.74, 6) is 1.36. The maximum atomic E-state index is 12.8. The molecule has 0 radical (unpaired) electrons. The normalized spacial score (nSPS) is 22.4. The van der Waals surface area contributed by atoms with Crippen LogP contribution in [0.1, 0.15) is 61.6 Å².